The Hall–Kier alpha value is -3.42. The number of anilines is 2. The van der Waals surface area contributed by atoms with Crippen LogP contribution in [0.1, 0.15) is 12.0 Å². The van der Waals surface area contributed by atoms with Crippen molar-refractivity contribution >= 4 is 46.4 Å². The highest BCUT2D eigenvalue weighted by molar-refractivity contribution is 6.42. The Morgan fingerprint density at radius 1 is 1.03 bits per heavy atom. The largest absolute Gasteiger partial charge is 0.497 e. The van der Waals surface area contributed by atoms with E-state index in [9.17, 15) is 9.59 Å². The van der Waals surface area contributed by atoms with Crippen LogP contribution in [0.5, 0.6) is 11.5 Å². The van der Waals surface area contributed by atoms with Gasteiger partial charge >= 0.3 is 0 Å². The molecule has 1 aliphatic rings. The first-order chi connectivity index (χ1) is 16.4. The summed E-state index contributed by atoms with van der Waals surface area (Å²) in [6, 6.07) is 19.7. The highest BCUT2D eigenvalue weighted by atomic mass is 35.5. The molecule has 9 heteroatoms. The van der Waals surface area contributed by atoms with Crippen LogP contribution in [0, 0.1) is 5.92 Å². The fourth-order valence-electron chi connectivity index (χ4n) is 3.59. The van der Waals surface area contributed by atoms with E-state index >= 15 is 0 Å². The second kappa shape index (κ2) is 10.7. The van der Waals surface area contributed by atoms with Crippen molar-refractivity contribution in [3.8, 4) is 11.5 Å². The molecular formula is C25H23Cl2N3O4. The quantitative estimate of drug-likeness (QED) is 0.422. The maximum atomic E-state index is 12.7. The van der Waals surface area contributed by atoms with Crippen molar-refractivity contribution in [2.75, 3.05) is 24.0 Å². The van der Waals surface area contributed by atoms with Gasteiger partial charge in [0, 0.05) is 24.7 Å². The molecule has 0 spiro atoms. The molecule has 1 saturated heterocycles. The number of halogens is 2. The smallest absolute Gasteiger partial charge is 0.243 e. The summed E-state index contributed by atoms with van der Waals surface area (Å²) >= 11 is 12.0. The summed E-state index contributed by atoms with van der Waals surface area (Å²) in [4.78, 5) is 26.7. The Morgan fingerprint density at radius 3 is 2.56 bits per heavy atom. The number of carbonyl (C=O) groups is 2. The molecule has 0 aliphatic carbocycles. The third-order valence-electron chi connectivity index (χ3n) is 5.43. The molecule has 1 heterocycles. The first-order valence-electron chi connectivity index (χ1n) is 10.6. The summed E-state index contributed by atoms with van der Waals surface area (Å²) in [5, 5.41) is 0.959. The molecule has 0 unspecified atom stereocenters. The van der Waals surface area contributed by atoms with E-state index in [1.165, 1.54) is 0 Å². The summed E-state index contributed by atoms with van der Waals surface area (Å²) in [5.74, 6) is 0.509. The standard InChI is InChI=1S/C25H23Cl2N3O4/c1-33-20-8-6-19(7-9-20)30-14-17(12-24(30)31)25(32)29-28-18-3-2-4-21(13-18)34-15-16-5-10-22(26)23(27)11-16/h2-11,13,17,28H,12,14-15H2,1H3,(H,29,32)/t17-/m1/s1. The van der Waals surface area contributed by atoms with Gasteiger partial charge in [0.05, 0.1) is 28.8 Å². The minimum Gasteiger partial charge on any atom is -0.497 e. The molecule has 0 bridgehead atoms. The average molecular weight is 500 g/mol. The molecule has 4 rings (SSSR count). The van der Waals surface area contributed by atoms with Gasteiger partial charge in [0.1, 0.15) is 18.1 Å². The highest BCUT2D eigenvalue weighted by Gasteiger charge is 2.35. The zero-order valence-corrected chi connectivity index (χ0v) is 19.9. The van der Waals surface area contributed by atoms with E-state index in [-0.39, 0.29) is 18.2 Å². The predicted molar refractivity (Wildman–Crippen MR) is 132 cm³/mol. The molecule has 0 radical (unpaired) electrons. The van der Waals surface area contributed by atoms with E-state index in [4.69, 9.17) is 32.7 Å². The van der Waals surface area contributed by atoms with Gasteiger partial charge in [0.15, 0.2) is 0 Å². The van der Waals surface area contributed by atoms with Crippen LogP contribution in [0.4, 0.5) is 11.4 Å². The van der Waals surface area contributed by atoms with Gasteiger partial charge in [-0.1, -0.05) is 35.3 Å². The number of hydrogen-bond donors (Lipinski definition) is 2. The Morgan fingerprint density at radius 2 is 1.82 bits per heavy atom. The molecule has 1 aliphatic heterocycles. The van der Waals surface area contributed by atoms with Crippen LogP contribution >= 0.6 is 23.2 Å². The Labute approximate surface area is 207 Å². The molecule has 0 aromatic heterocycles. The maximum absolute atomic E-state index is 12.7. The maximum Gasteiger partial charge on any atom is 0.243 e. The molecule has 1 atom stereocenters. The number of nitrogens with zero attached hydrogens (tertiary/aromatic N) is 1. The summed E-state index contributed by atoms with van der Waals surface area (Å²) in [5.41, 5.74) is 7.86. The van der Waals surface area contributed by atoms with E-state index in [1.807, 2.05) is 18.2 Å². The Balaban J connectivity index is 1.30. The lowest BCUT2D eigenvalue weighted by atomic mass is 10.1. The van der Waals surface area contributed by atoms with Gasteiger partial charge in [-0.15, -0.1) is 0 Å². The first-order valence-corrected chi connectivity index (χ1v) is 11.4. The van der Waals surface area contributed by atoms with Gasteiger partial charge in [-0.05, 0) is 54.1 Å². The van der Waals surface area contributed by atoms with E-state index in [1.54, 1.807) is 60.5 Å². The van der Waals surface area contributed by atoms with Gasteiger partial charge in [-0.25, -0.2) is 0 Å². The molecule has 3 aromatic rings. The van der Waals surface area contributed by atoms with E-state index in [2.05, 4.69) is 10.9 Å². The number of methoxy groups -OCH3 is 1. The molecule has 3 aromatic carbocycles. The Kier molecular flexibility index (Phi) is 7.45. The summed E-state index contributed by atoms with van der Waals surface area (Å²) in [6.07, 6.45) is 0.145. The van der Waals surface area contributed by atoms with Crippen LogP contribution in [0.2, 0.25) is 10.0 Å². The van der Waals surface area contributed by atoms with Gasteiger partial charge in [0.2, 0.25) is 11.8 Å². The fraction of sp³-hybridized carbons (Fsp3) is 0.200. The second-order valence-electron chi connectivity index (χ2n) is 7.78. The zero-order chi connectivity index (χ0) is 24.1. The highest BCUT2D eigenvalue weighted by Crippen LogP contribution is 2.27. The van der Waals surface area contributed by atoms with Crippen LogP contribution in [0.3, 0.4) is 0 Å². The van der Waals surface area contributed by atoms with Crippen molar-refractivity contribution in [3.63, 3.8) is 0 Å². The number of hydrogen-bond acceptors (Lipinski definition) is 5. The first kappa shape index (κ1) is 23.7. The number of nitrogens with one attached hydrogen (secondary N) is 2. The molecule has 176 valence electrons. The molecule has 2 N–H and O–H groups in total. The lowest BCUT2D eigenvalue weighted by molar-refractivity contribution is -0.125. The molecule has 1 fully saturated rings. The summed E-state index contributed by atoms with van der Waals surface area (Å²) in [7, 11) is 1.58. The molecule has 7 nitrogen and oxygen atoms in total. The molecule has 0 saturated carbocycles. The van der Waals surface area contributed by atoms with Crippen LogP contribution < -0.4 is 25.2 Å². The Bertz CT molecular complexity index is 1190. The minimum absolute atomic E-state index is 0.0944. The van der Waals surface area contributed by atoms with Crippen molar-refractivity contribution in [1.29, 1.82) is 0 Å². The van der Waals surface area contributed by atoms with Crippen LogP contribution in [0.15, 0.2) is 66.7 Å². The number of ether oxygens (including phenoxy) is 2. The predicted octanol–water partition coefficient (Wildman–Crippen LogP) is 5.08. The zero-order valence-electron chi connectivity index (χ0n) is 18.4. The number of hydrazine groups is 1. The number of rotatable bonds is 8. The molecular weight excluding hydrogens is 477 g/mol. The molecule has 34 heavy (non-hydrogen) atoms. The van der Waals surface area contributed by atoms with Gasteiger partial charge in [-0.2, -0.15) is 0 Å². The van der Waals surface area contributed by atoms with Crippen molar-refractivity contribution in [2.45, 2.75) is 13.0 Å². The van der Waals surface area contributed by atoms with Crippen molar-refractivity contribution in [2.24, 2.45) is 5.92 Å². The lowest BCUT2D eigenvalue weighted by Crippen LogP contribution is -2.36. The van der Waals surface area contributed by atoms with Gasteiger partial charge in [-0.3, -0.25) is 20.4 Å². The molecule has 2 amide bonds. The van der Waals surface area contributed by atoms with Crippen LogP contribution in [-0.2, 0) is 16.2 Å². The van der Waals surface area contributed by atoms with Crippen LogP contribution in [0.25, 0.3) is 0 Å². The second-order valence-corrected chi connectivity index (χ2v) is 8.60. The van der Waals surface area contributed by atoms with Gasteiger partial charge < -0.3 is 14.4 Å². The average Bonchev–Trinajstić information content (AvgIpc) is 3.25. The van der Waals surface area contributed by atoms with Gasteiger partial charge in [0.25, 0.3) is 0 Å². The van der Waals surface area contributed by atoms with Crippen molar-refractivity contribution in [3.05, 3.63) is 82.3 Å². The number of benzene rings is 3. The van der Waals surface area contributed by atoms with E-state index in [0.717, 1.165) is 11.3 Å². The SMILES string of the molecule is COc1ccc(N2C[C@H](C(=O)NNc3cccc(OCc4ccc(Cl)c(Cl)c4)c3)CC2=O)cc1. The van der Waals surface area contributed by atoms with Crippen LogP contribution in [-0.4, -0.2) is 25.5 Å². The lowest BCUT2D eigenvalue weighted by Gasteiger charge is -2.17. The van der Waals surface area contributed by atoms with E-state index in [0.29, 0.717) is 40.4 Å². The normalized spacial score (nSPS) is 15.2. The number of carbonyl (C=O) groups excluding carboxylic acids is 2. The summed E-state index contributed by atoms with van der Waals surface area (Å²) < 4.78 is 11.0. The summed E-state index contributed by atoms with van der Waals surface area (Å²) in [6.45, 7) is 0.629. The van der Waals surface area contributed by atoms with Crippen molar-refractivity contribution in [1.82, 2.24) is 5.43 Å². The topological polar surface area (TPSA) is 79.9 Å². The third kappa shape index (κ3) is 5.73. The van der Waals surface area contributed by atoms with Crippen molar-refractivity contribution < 1.29 is 19.1 Å². The monoisotopic (exact) mass is 499 g/mol. The van der Waals surface area contributed by atoms with E-state index < -0.39 is 5.92 Å². The third-order valence-corrected chi connectivity index (χ3v) is 6.17. The fourth-order valence-corrected chi connectivity index (χ4v) is 3.91. The number of amides is 2. The minimum atomic E-state index is -0.462.